The van der Waals surface area contributed by atoms with E-state index in [1.54, 1.807) is 31.5 Å². The topological polar surface area (TPSA) is 79.4 Å². The zero-order valence-corrected chi connectivity index (χ0v) is 12.8. The highest BCUT2D eigenvalue weighted by Gasteiger charge is 2.33. The van der Waals surface area contributed by atoms with Gasteiger partial charge >= 0.3 is 0 Å². The molecule has 1 atom stereocenters. The Morgan fingerprint density at radius 1 is 1.57 bits per heavy atom. The van der Waals surface area contributed by atoms with Crippen molar-refractivity contribution < 1.29 is 13.2 Å². The van der Waals surface area contributed by atoms with Gasteiger partial charge in [-0.05, 0) is 18.6 Å². The van der Waals surface area contributed by atoms with Gasteiger partial charge in [0.1, 0.15) is 5.69 Å². The monoisotopic (exact) mass is 309 g/mol. The van der Waals surface area contributed by atoms with Crippen LogP contribution in [0.4, 0.5) is 5.69 Å². The fraction of sp³-hybridized carbons (Fsp3) is 0.429. The third-order valence-corrected chi connectivity index (χ3v) is 5.26. The van der Waals surface area contributed by atoms with Crippen LogP contribution in [0.3, 0.4) is 0 Å². The van der Waals surface area contributed by atoms with Crippen LogP contribution >= 0.6 is 0 Å². The quantitative estimate of drug-likeness (QED) is 0.819. The van der Waals surface area contributed by atoms with Gasteiger partial charge in [-0.2, -0.15) is 0 Å². The summed E-state index contributed by atoms with van der Waals surface area (Å²) in [5.41, 5.74) is 1.11. The maximum atomic E-state index is 12.3. The molecule has 0 bridgehead atoms. The van der Waals surface area contributed by atoms with Crippen LogP contribution in [0.15, 0.2) is 31.0 Å². The first-order valence-electron chi connectivity index (χ1n) is 6.71. The van der Waals surface area contributed by atoms with E-state index in [9.17, 15) is 13.2 Å². The largest absolute Gasteiger partial charge is 0.380 e. The second-order valence-corrected chi connectivity index (χ2v) is 7.30. The van der Waals surface area contributed by atoms with E-state index in [0.29, 0.717) is 18.7 Å². The zero-order chi connectivity index (χ0) is 15.5. The van der Waals surface area contributed by atoms with Crippen molar-refractivity contribution in [2.45, 2.75) is 12.5 Å². The molecule has 0 saturated carbocycles. The molecule has 1 fully saturated rings. The molecule has 1 aliphatic rings. The SMILES string of the molecule is C=CCNc1ccc(C(=O)N(C)C2CCS(=O)(=O)C2)nc1. The fourth-order valence-corrected chi connectivity index (χ4v) is 4.02. The molecular weight excluding hydrogens is 290 g/mol. The van der Waals surface area contributed by atoms with Crippen molar-refractivity contribution in [1.82, 2.24) is 9.88 Å². The van der Waals surface area contributed by atoms with Gasteiger partial charge in [0, 0.05) is 19.6 Å². The van der Waals surface area contributed by atoms with Gasteiger partial charge in [0.2, 0.25) is 0 Å². The Hall–Kier alpha value is -1.89. The highest BCUT2D eigenvalue weighted by Crippen LogP contribution is 2.18. The molecule has 0 aliphatic carbocycles. The van der Waals surface area contributed by atoms with E-state index in [1.807, 2.05) is 0 Å². The van der Waals surface area contributed by atoms with E-state index >= 15 is 0 Å². The molecule has 0 radical (unpaired) electrons. The van der Waals surface area contributed by atoms with Crippen LogP contribution in [0.2, 0.25) is 0 Å². The summed E-state index contributed by atoms with van der Waals surface area (Å²) in [5, 5.41) is 3.07. The maximum Gasteiger partial charge on any atom is 0.272 e. The molecule has 7 heteroatoms. The number of rotatable bonds is 5. The fourth-order valence-electron chi connectivity index (χ4n) is 2.24. The first-order valence-corrected chi connectivity index (χ1v) is 8.53. The van der Waals surface area contributed by atoms with Crippen LogP contribution in [-0.2, 0) is 9.84 Å². The molecule has 1 saturated heterocycles. The van der Waals surface area contributed by atoms with Crippen molar-refractivity contribution in [2.75, 3.05) is 30.4 Å². The number of carbonyl (C=O) groups is 1. The van der Waals surface area contributed by atoms with E-state index in [4.69, 9.17) is 0 Å². The Morgan fingerprint density at radius 2 is 2.33 bits per heavy atom. The minimum absolute atomic E-state index is 0.0359. The summed E-state index contributed by atoms with van der Waals surface area (Å²) < 4.78 is 23.0. The predicted molar refractivity (Wildman–Crippen MR) is 82.1 cm³/mol. The molecule has 2 rings (SSSR count). The molecule has 114 valence electrons. The number of anilines is 1. The van der Waals surface area contributed by atoms with Crippen LogP contribution in [0.25, 0.3) is 0 Å². The summed E-state index contributed by atoms with van der Waals surface area (Å²) in [7, 11) is -1.38. The van der Waals surface area contributed by atoms with Crippen LogP contribution in [0, 0.1) is 0 Å². The second-order valence-electron chi connectivity index (χ2n) is 5.07. The van der Waals surface area contributed by atoms with Crippen molar-refractivity contribution in [2.24, 2.45) is 0 Å². The Labute approximate surface area is 124 Å². The highest BCUT2D eigenvalue weighted by molar-refractivity contribution is 7.91. The van der Waals surface area contributed by atoms with Crippen LogP contribution in [-0.4, -0.2) is 55.3 Å². The Bertz CT molecular complexity index is 625. The molecular formula is C14H19N3O3S. The van der Waals surface area contributed by atoms with Gasteiger partial charge in [-0.25, -0.2) is 13.4 Å². The minimum Gasteiger partial charge on any atom is -0.380 e. The minimum atomic E-state index is -3.01. The number of nitrogens with zero attached hydrogens (tertiary/aromatic N) is 2. The van der Waals surface area contributed by atoms with E-state index in [1.165, 1.54) is 4.90 Å². The van der Waals surface area contributed by atoms with Crippen LogP contribution < -0.4 is 5.32 Å². The molecule has 1 aromatic rings. The lowest BCUT2D eigenvalue weighted by Gasteiger charge is -2.23. The zero-order valence-electron chi connectivity index (χ0n) is 11.9. The number of nitrogens with one attached hydrogen (secondary N) is 1. The van der Waals surface area contributed by atoms with Crippen molar-refractivity contribution in [1.29, 1.82) is 0 Å². The van der Waals surface area contributed by atoms with Crippen LogP contribution in [0.1, 0.15) is 16.9 Å². The second kappa shape index (κ2) is 6.26. The number of hydrogen-bond donors (Lipinski definition) is 1. The number of pyridine rings is 1. The Balaban J connectivity index is 2.04. The highest BCUT2D eigenvalue weighted by atomic mass is 32.2. The van der Waals surface area contributed by atoms with Crippen molar-refractivity contribution >= 4 is 21.4 Å². The first kappa shape index (κ1) is 15.5. The van der Waals surface area contributed by atoms with Gasteiger partial charge in [0.15, 0.2) is 9.84 Å². The Morgan fingerprint density at radius 3 is 2.86 bits per heavy atom. The van der Waals surface area contributed by atoms with Gasteiger partial charge in [-0.1, -0.05) is 6.08 Å². The normalized spacial score (nSPS) is 20.0. The number of aromatic nitrogens is 1. The average Bonchev–Trinajstić information content (AvgIpc) is 2.84. The lowest BCUT2D eigenvalue weighted by atomic mass is 10.2. The van der Waals surface area contributed by atoms with Crippen molar-refractivity contribution in [3.8, 4) is 0 Å². The molecule has 21 heavy (non-hydrogen) atoms. The van der Waals surface area contributed by atoms with Crippen molar-refractivity contribution in [3.63, 3.8) is 0 Å². The summed E-state index contributed by atoms with van der Waals surface area (Å²) in [6.07, 6.45) is 3.80. The van der Waals surface area contributed by atoms with Gasteiger partial charge in [0.25, 0.3) is 5.91 Å². The molecule has 1 amide bonds. The third kappa shape index (κ3) is 3.81. The molecule has 1 aromatic heterocycles. The summed E-state index contributed by atoms with van der Waals surface area (Å²) in [5.74, 6) is -0.0752. The molecule has 6 nitrogen and oxygen atoms in total. The van der Waals surface area contributed by atoms with Crippen LogP contribution in [0.5, 0.6) is 0 Å². The third-order valence-electron chi connectivity index (χ3n) is 3.51. The molecule has 1 aliphatic heterocycles. The average molecular weight is 309 g/mol. The van der Waals surface area contributed by atoms with E-state index < -0.39 is 9.84 Å². The lowest BCUT2D eigenvalue weighted by molar-refractivity contribution is 0.0742. The molecule has 0 aromatic carbocycles. The molecule has 0 spiro atoms. The van der Waals surface area contributed by atoms with E-state index in [0.717, 1.165) is 5.69 Å². The summed E-state index contributed by atoms with van der Waals surface area (Å²) in [6.45, 7) is 4.23. The summed E-state index contributed by atoms with van der Waals surface area (Å²) in [4.78, 5) is 17.9. The summed E-state index contributed by atoms with van der Waals surface area (Å²) in [6, 6.07) is 3.14. The lowest BCUT2D eigenvalue weighted by Crippen LogP contribution is -2.38. The van der Waals surface area contributed by atoms with Gasteiger partial charge in [-0.3, -0.25) is 4.79 Å². The maximum absolute atomic E-state index is 12.3. The summed E-state index contributed by atoms with van der Waals surface area (Å²) >= 11 is 0. The van der Waals surface area contributed by atoms with E-state index in [-0.39, 0.29) is 23.5 Å². The molecule has 2 heterocycles. The Kier molecular flexibility index (Phi) is 4.62. The molecule has 1 N–H and O–H groups in total. The number of amides is 1. The van der Waals surface area contributed by atoms with E-state index in [2.05, 4.69) is 16.9 Å². The van der Waals surface area contributed by atoms with Crippen molar-refractivity contribution in [3.05, 3.63) is 36.7 Å². The standard InChI is InChI=1S/C14H19N3O3S/c1-3-7-15-11-4-5-13(16-9-11)14(18)17(2)12-6-8-21(19,20)10-12/h3-5,9,12,15H,1,6-8,10H2,2H3. The predicted octanol–water partition coefficient (Wildman–Crippen LogP) is 0.939. The number of carbonyl (C=O) groups excluding carboxylic acids is 1. The smallest absolute Gasteiger partial charge is 0.272 e. The van der Waals surface area contributed by atoms with Gasteiger partial charge in [0.05, 0.1) is 23.4 Å². The number of sulfone groups is 1. The number of hydrogen-bond acceptors (Lipinski definition) is 5. The molecule has 1 unspecified atom stereocenters. The first-order chi connectivity index (χ1) is 9.93. The van der Waals surface area contributed by atoms with Gasteiger partial charge < -0.3 is 10.2 Å². The van der Waals surface area contributed by atoms with Gasteiger partial charge in [-0.15, -0.1) is 6.58 Å².